The standard InChI is InChI=1S/C28H27N3O4/c1-34-27(32)22-7-5-20(6-8-22)19-31(28(33)30-13-15-35-16-14-30)25-4-2-3-23(17-25)24-10-9-21-11-12-29-26(21)18-24/h2-12,17-18,29H,13-16,19H2,1H3. The van der Waals surface area contributed by atoms with Crippen LogP contribution in [-0.4, -0.2) is 55.3 Å². The van der Waals surface area contributed by atoms with Gasteiger partial charge in [0.2, 0.25) is 0 Å². The summed E-state index contributed by atoms with van der Waals surface area (Å²) in [5.41, 5.74) is 5.37. The summed E-state index contributed by atoms with van der Waals surface area (Å²) < 4.78 is 10.2. The summed E-state index contributed by atoms with van der Waals surface area (Å²) in [5, 5.41) is 1.16. The minimum Gasteiger partial charge on any atom is -0.465 e. The molecule has 1 N–H and O–H groups in total. The normalized spacial score (nSPS) is 13.6. The van der Waals surface area contributed by atoms with Crippen LogP contribution in [0.1, 0.15) is 15.9 Å². The van der Waals surface area contributed by atoms with E-state index in [2.05, 4.69) is 29.2 Å². The summed E-state index contributed by atoms with van der Waals surface area (Å²) in [4.78, 5) is 32.3. The second kappa shape index (κ2) is 10.0. The van der Waals surface area contributed by atoms with Crippen LogP contribution in [0.4, 0.5) is 10.5 Å². The minimum absolute atomic E-state index is 0.0673. The maximum Gasteiger partial charge on any atom is 0.337 e. The number of esters is 1. The second-order valence-corrected chi connectivity index (χ2v) is 8.49. The quantitative estimate of drug-likeness (QED) is 0.414. The number of methoxy groups -OCH3 is 1. The van der Waals surface area contributed by atoms with Crippen molar-refractivity contribution in [1.29, 1.82) is 0 Å². The number of rotatable bonds is 5. The van der Waals surface area contributed by atoms with Crippen molar-refractivity contribution < 1.29 is 19.1 Å². The first-order chi connectivity index (χ1) is 17.1. The van der Waals surface area contributed by atoms with Gasteiger partial charge in [0.15, 0.2) is 0 Å². The van der Waals surface area contributed by atoms with Crippen LogP contribution in [0, 0.1) is 0 Å². The summed E-state index contributed by atoms with van der Waals surface area (Å²) in [6, 6.07) is 23.5. The number of morpholine rings is 1. The highest BCUT2D eigenvalue weighted by Gasteiger charge is 2.25. The maximum atomic E-state index is 13.6. The number of benzene rings is 3. The molecule has 1 aromatic heterocycles. The lowest BCUT2D eigenvalue weighted by Gasteiger charge is -2.33. The van der Waals surface area contributed by atoms with Gasteiger partial charge in [-0.1, -0.05) is 36.4 Å². The van der Waals surface area contributed by atoms with E-state index < -0.39 is 0 Å². The summed E-state index contributed by atoms with van der Waals surface area (Å²) in [7, 11) is 1.36. The number of nitrogens with one attached hydrogen (secondary N) is 1. The van der Waals surface area contributed by atoms with Crippen molar-refractivity contribution in [3.05, 3.63) is 90.1 Å². The molecule has 0 bridgehead atoms. The van der Waals surface area contributed by atoms with E-state index in [0.29, 0.717) is 38.4 Å². The van der Waals surface area contributed by atoms with Gasteiger partial charge >= 0.3 is 12.0 Å². The van der Waals surface area contributed by atoms with Crippen molar-refractivity contribution in [3.8, 4) is 11.1 Å². The number of ether oxygens (including phenoxy) is 2. The number of fused-ring (bicyclic) bond motifs is 1. The van der Waals surface area contributed by atoms with E-state index in [1.54, 1.807) is 17.0 Å². The Morgan fingerprint density at radius 2 is 1.74 bits per heavy atom. The van der Waals surface area contributed by atoms with Gasteiger partial charge in [0.05, 0.1) is 32.4 Å². The van der Waals surface area contributed by atoms with E-state index in [9.17, 15) is 9.59 Å². The van der Waals surface area contributed by atoms with Gasteiger partial charge < -0.3 is 19.4 Å². The number of carbonyl (C=O) groups is 2. The van der Waals surface area contributed by atoms with Crippen LogP contribution in [0.25, 0.3) is 22.0 Å². The third kappa shape index (κ3) is 4.90. The minimum atomic E-state index is -0.385. The molecule has 7 nitrogen and oxygen atoms in total. The van der Waals surface area contributed by atoms with Gasteiger partial charge in [0.25, 0.3) is 0 Å². The Morgan fingerprint density at radius 1 is 0.971 bits per heavy atom. The van der Waals surface area contributed by atoms with Gasteiger partial charge in [-0.3, -0.25) is 4.90 Å². The van der Waals surface area contributed by atoms with Crippen molar-refractivity contribution in [3.63, 3.8) is 0 Å². The Labute approximate surface area is 203 Å². The van der Waals surface area contributed by atoms with E-state index in [-0.39, 0.29) is 12.0 Å². The highest BCUT2D eigenvalue weighted by atomic mass is 16.5. The molecule has 1 aliphatic rings. The third-order valence-corrected chi connectivity index (χ3v) is 6.27. The van der Waals surface area contributed by atoms with E-state index >= 15 is 0 Å². The number of carbonyl (C=O) groups excluding carboxylic acids is 2. The molecule has 1 aliphatic heterocycles. The van der Waals surface area contributed by atoms with Crippen molar-refractivity contribution >= 4 is 28.6 Å². The van der Waals surface area contributed by atoms with Crippen molar-refractivity contribution in [2.24, 2.45) is 0 Å². The van der Waals surface area contributed by atoms with Crippen LogP contribution in [-0.2, 0) is 16.0 Å². The summed E-state index contributed by atoms with van der Waals surface area (Å²) in [6.07, 6.45) is 1.93. The monoisotopic (exact) mass is 469 g/mol. The Kier molecular flexibility index (Phi) is 6.50. The van der Waals surface area contributed by atoms with Crippen LogP contribution in [0.2, 0.25) is 0 Å². The molecule has 2 amide bonds. The molecule has 4 aromatic rings. The van der Waals surface area contributed by atoms with Crippen LogP contribution in [0.15, 0.2) is 79.0 Å². The van der Waals surface area contributed by atoms with Crippen LogP contribution < -0.4 is 4.90 Å². The van der Waals surface area contributed by atoms with Gasteiger partial charge in [-0.15, -0.1) is 0 Å². The predicted molar refractivity (Wildman–Crippen MR) is 135 cm³/mol. The molecule has 0 atom stereocenters. The lowest BCUT2D eigenvalue weighted by molar-refractivity contribution is 0.0548. The van der Waals surface area contributed by atoms with E-state index in [1.165, 1.54) is 7.11 Å². The Bertz CT molecular complexity index is 1340. The number of anilines is 1. The molecular formula is C28H27N3O4. The number of urea groups is 1. The number of amides is 2. The first-order valence-electron chi connectivity index (χ1n) is 11.6. The molecule has 1 fully saturated rings. The molecule has 178 valence electrons. The Morgan fingerprint density at radius 3 is 2.51 bits per heavy atom. The zero-order valence-corrected chi connectivity index (χ0v) is 19.6. The first-order valence-corrected chi connectivity index (χ1v) is 11.6. The molecule has 2 heterocycles. The molecule has 7 heteroatoms. The highest BCUT2D eigenvalue weighted by molar-refractivity contribution is 5.93. The number of aromatic amines is 1. The highest BCUT2D eigenvalue weighted by Crippen LogP contribution is 2.29. The molecule has 0 radical (unpaired) electrons. The SMILES string of the molecule is COC(=O)c1ccc(CN(C(=O)N2CCOCC2)c2cccc(-c3ccc4cc[nH]c4c3)c2)cc1. The van der Waals surface area contributed by atoms with Gasteiger partial charge in [-0.25, -0.2) is 9.59 Å². The number of hydrogen-bond donors (Lipinski definition) is 1. The lowest BCUT2D eigenvalue weighted by Crippen LogP contribution is -2.48. The number of nitrogens with zero attached hydrogens (tertiary/aromatic N) is 2. The fourth-order valence-corrected chi connectivity index (χ4v) is 4.32. The summed E-state index contributed by atoms with van der Waals surface area (Å²) in [5.74, 6) is -0.385. The molecule has 0 aliphatic carbocycles. The average Bonchev–Trinajstić information content (AvgIpc) is 3.40. The first kappa shape index (κ1) is 22.7. The zero-order chi connectivity index (χ0) is 24.2. The molecule has 0 saturated carbocycles. The topological polar surface area (TPSA) is 74.9 Å². The molecule has 35 heavy (non-hydrogen) atoms. The fourth-order valence-electron chi connectivity index (χ4n) is 4.32. The van der Waals surface area contributed by atoms with Crippen LogP contribution in [0.5, 0.6) is 0 Å². The smallest absolute Gasteiger partial charge is 0.337 e. The summed E-state index contributed by atoms with van der Waals surface area (Å²) >= 11 is 0. The largest absolute Gasteiger partial charge is 0.465 e. The van der Waals surface area contributed by atoms with E-state index in [0.717, 1.165) is 33.3 Å². The molecule has 1 saturated heterocycles. The number of aromatic nitrogens is 1. The molecule has 3 aromatic carbocycles. The Balaban J connectivity index is 1.47. The van der Waals surface area contributed by atoms with Gasteiger partial charge in [-0.2, -0.15) is 0 Å². The zero-order valence-electron chi connectivity index (χ0n) is 19.6. The lowest BCUT2D eigenvalue weighted by atomic mass is 10.0. The van der Waals surface area contributed by atoms with Crippen LogP contribution in [0.3, 0.4) is 0 Å². The molecule has 0 unspecified atom stereocenters. The van der Waals surface area contributed by atoms with E-state index in [1.807, 2.05) is 47.5 Å². The van der Waals surface area contributed by atoms with Crippen molar-refractivity contribution in [1.82, 2.24) is 9.88 Å². The van der Waals surface area contributed by atoms with Gasteiger partial charge in [0, 0.05) is 30.5 Å². The Hall–Kier alpha value is -4.10. The molecular weight excluding hydrogens is 442 g/mol. The van der Waals surface area contributed by atoms with Gasteiger partial charge in [0.1, 0.15) is 0 Å². The number of hydrogen-bond acceptors (Lipinski definition) is 4. The van der Waals surface area contributed by atoms with Gasteiger partial charge in [-0.05, 0) is 58.5 Å². The second-order valence-electron chi connectivity index (χ2n) is 8.49. The van der Waals surface area contributed by atoms with Crippen LogP contribution >= 0.6 is 0 Å². The fraction of sp³-hybridized carbons (Fsp3) is 0.214. The molecule has 0 spiro atoms. The number of H-pyrrole nitrogens is 1. The van der Waals surface area contributed by atoms with E-state index in [4.69, 9.17) is 9.47 Å². The predicted octanol–water partition coefficient (Wildman–Crippen LogP) is 5.08. The average molecular weight is 470 g/mol. The van der Waals surface area contributed by atoms with Crippen molar-refractivity contribution in [2.45, 2.75) is 6.54 Å². The maximum absolute atomic E-state index is 13.6. The third-order valence-electron chi connectivity index (χ3n) is 6.27. The molecule has 5 rings (SSSR count). The summed E-state index contributed by atoms with van der Waals surface area (Å²) in [6.45, 7) is 2.55. The van der Waals surface area contributed by atoms with Crippen molar-refractivity contribution in [2.75, 3.05) is 38.3 Å².